The van der Waals surface area contributed by atoms with Crippen LogP contribution in [0.1, 0.15) is 17.4 Å². The molecule has 0 saturated carbocycles. The van der Waals surface area contributed by atoms with Gasteiger partial charge in [-0.3, -0.25) is 9.80 Å². The van der Waals surface area contributed by atoms with Crippen LogP contribution in [-0.4, -0.2) is 52.6 Å². The van der Waals surface area contributed by atoms with E-state index in [4.69, 9.17) is 4.98 Å². The van der Waals surface area contributed by atoms with Crippen molar-refractivity contribution in [2.24, 2.45) is 0 Å². The van der Waals surface area contributed by atoms with E-state index in [0.29, 0.717) is 6.54 Å². The minimum Gasteiger partial charge on any atom is -0.387 e. The normalized spacial score (nSPS) is 17.1. The van der Waals surface area contributed by atoms with E-state index in [1.54, 1.807) is 11.3 Å². The second-order valence-electron chi connectivity index (χ2n) is 7.01. The van der Waals surface area contributed by atoms with Crippen LogP contribution >= 0.6 is 11.3 Å². The Morgan fingerprint density at radius 3 is 2.22 bits per heavy atom. The molecule has 4 rings (SSSR count). The van der Waals surface area contributed by atoms with Crippen LogP contribution < -0.4 is 0 Å². The van der Waals surface area contributed by atoms with Crippen LogP contribution in [0.15, 0.2) is 66.0 Å². The first-order chi connectivity index (χ1) is 13.3. The van der Waals surface area contributed by atoms with Gasteiger partial charge in [0, 0.05) is 50.2 Å². The first-order valence-corrected chi connectivity index (χ1v) is 10.3. The van der Waals surface area contributed by atoms with Gasteiger partial charge in [0.1, 0.15) is 5.01 Å². The van der Waals surface area contributed by atoms with Gasteiger partial charge in [-0.2, -0.15) is 0 Å². The Kier molecular flexibility index (Phi) is 5.94. The minimum absolute atomic E-state index is 0.412. The Hall–Kier alpha value is -2.05. The highest BCUT2D eigenvalue weighted by Crippen LogP contribution is 2.24. The van der Waals surface area contributed by atoms with Crippen molar-refractivity contribution in [1.82, 2.24) is 14.8 Å². The molecule has 1 N–H and O–H groups in total. The molecular weight excluding hydrogens is 354 g/mol. The molecule has 1 aromatic heterocycles. The second-order valence-corrected chi connectivity index (χ2v) is 7.87. The number of nitrogens with zero attached hydrogens (tertiary/aromatic N) is 3. The van der Waals surface area contributed by atoms with Crippen molar-refractivity contribution < 1.29 is 5.11 Å². The second kappa shape index (κ2) is 8.76. The summed E-state index contributed by atoms with van der Waals surface area (Å²) in [6.07, 6.45) is -0.412. The van der Waals surface area contributed by atoms with Crippen molar-refractivity contribution in [2.75, 3.05) is 32.7 Å². The van der Waals surface area contributed by atoms with Crippen LogP contribution in [0.5, 0.6) is 0 Å². The number of thiazole rings is 1. The highest BCUT2D eigenvalue weighted by atomic mass is 32.1. The summed E-state index contributed by atoms with van der Waals surface area (Å²) in [6.45, 7) is 5.60. The lowest BCUT2D eigenvalue weighted by Crippen LogP contribution is -2.47. The van der Waals surface area contributed by atoms with Gasteiger partial charge in [0.2, 0.25) is 0 Å². The molecule has 1 fully saturated rings. The fourth-order valence-electron chi connectivity index (χ4n) is 3.48. The van der Waals surface area contributed by atoms with E-state index in [9.17, 15) is 5.11 Å². The number of piperazine rings is 1. The molecule has 0 spiro atoms. The van der Waals surface area contributed by atoms with Gasteiger partial charge in [-0.05, 0) is 5.56 Å². The molecule has 140 valence electrons. The van der Waals surface area contributed by atoms with Crippen LogP contribution in [0.4, 0.5) is 0 Å². The summed E-state index contributed by atoms with van der Waals surface area (Å²) in [5.41, 5.74) is 3.33. The topological polar surface area (TPSA) is 39.6 Å². The number of benzene rings is 2. The van der Waals surface area contributed by atoms with Crippen molar-refractivity contribution in [1.29, 1.82) is 0 Å². The smallest absolute Gasteiger partial charge is 0.123 e. The Morgan fingerprint density at radius 1 is 0.889 bits per heavy atom. The van der Waals surface area contributed by atoms with Gasteiger partial charge in [0.05, 0.1) is 11.8 Å². The van der Waals surface area contributed by atoms with Crippen LogP contribution in [0.2, 0.25) is 0 Å². The van der Waals surface area contributed by atoms with E-state index in [1.807, 2.05) is 36.4 Å². The summed E-state index contributed by atoms with van der Waals surface area (Å²) in [7, 11) is 0. The zero-order chi connectivity index (χ0) is 18.5. The van der Waals surface area contributed by atoms with Crippen molar-refractivity contribution in [3.63, 3.8) is 0 Å². The number of hydrogen-bond acceptors (Lipinski definition) is 5. The summed E-state index contributed by atoms with van der Waals surface area (Å²) in [4.78, 5) is 9.61. The summed E-state index contributed by atoms with van der Waals surface area (Å²) < 4.78 is 0. The van der Waals surface area contributed by atoms with Gasteiger partial charge in [-0.15, -0.1) is 11.3 Å². The summed E-state index contributed by atoms with van der Waals surface area (Å²) >= 11 is 1.72. The van der Waals surface area contributed by atoms with Crippen molar-refractivity contribution >= 4 is 11.3 Å². The SMILES string of the molecule is O[C@@H](CN1CCN(Cc2csc(-c3ccccc3)n2)CC1)c1ccccc1. The van der Waals surface area contributed by atoms with Crippen LogP contribution in [0, 0.1) is 0 Å². The van der Waals surface area contributed by atoms with E-state index in [2.05, 4.69) is 39.4 Å². The van der Waals surface area contributed by atoms with E-state index in [-0.39, 0.29) is 0 Å². The monoisotopic (exact) mass is 379 g/mol. The van der Waals surface area contributed by atoms with Crippen LogP contribution in [0.3, 0.4) is 0 Å². The van der Waals surface area contributed by atoms with Crippen molar-refractivity contribution in [3.8, 4) is 10.6 Å². The average molecular weight is 380 g/mol. The molecule has 5 heteroatoms. The zero-order valence-corrected chi connectivity index (χ0v) is 16.2. The molecule has 1 aliphatic rings. The predicted molar refractivity (Wildman–Crippen MR) is 111 cm³/mol. The standard InChI is InChI=1S/C22H25N3OS/c26-21(18-7-3-1-4-8-18)16-25-13-11-24(12-14-25)15-20-17-27-22(23-20)19-9-5-2-6-10-19/h1-10,17,21,26H,11-16H2/t21-/m0/s1. The number of aliphatic hydroxyl groups is 1. The summed E-state index contributed by atoms with van der Waals surface area (Å²) in [5, 5.41) is 13.7. The van der Waals surface area contributed by atoms with E-state index in [0.717, 1.165) is 49.0 Å². The van der Waals surface area contributed by atoms with Gasteiger partial charge in [0.25, 0.3) is 0 Å². The fourth-order valence-corrected chi connectivity index (χ4v) is 4.29. The minimum atomic E-state index is -0.412. The van der Waals surface area contributed by atoms with Crippen molar-refractivity contribution in [2.45, 2.75) is 12.6 Å². The Balaban J connectivity index is 1.27. The first kappa shape index (κ1) is 18.3. The van der Waals surface area contributed by atoms with Crippen molar-refractivity contribution in [3.05, 3.63) is 77.3 Å². The maximum atomic E-state index is 10.4. The third-order valence-corrected chi connectivity index (χ3v) is 5.98. The lowest BCUT2D eigenvalue weighted by molar-refractivity contribution is 0.0697. The molecule has 0 unspecified atom stereocenters. The van der Waals surface area contributed by atoms with Crippen LogP contribution in [0.25, 0.3) is 10.6 Å². The highest BCUT2D eigenvalue weighted by molar-refractivity contribution is 7.13. The summed E-state index contributed by atoms with van der Waals surface area (Å²) in [6, 6.07) is 20.3. The van der Waals surface area contributed by atoms with Gasteiger partial charge < -0.3 is 5.11 Å². The predicted octanol–water partition coefficient (Wildman–Crippen LogP) is 3.66. The number of rotatable bonds is 6. The average Bonchev–Trinajstić information content (AvgIpc) is 3.19. The lowest BCUT2D eigenvalue weighted by atomic mass is 10.1. The van der Waals surface area contributed by atoms with Gasteiger partial charge in [-0.25, -0.2) is 4.98 Å². The molecule has 27 heavy (non-hydrogen) atoms. The lowest BCUT2D eigenvalue weighted by Gasteiger charge is -2.35. The molecule has 0 bridgehead atoms. The number of aromatic nitrogens is 1. The quantitative estimate of drug-likeness (QED) is 0.709. The molecule has 4 nitrogen and oxygen atoms in total. The van der Waals surface area contributed by atoms with Crippen LogP contribution in [-0.2, 0) is 6.54 Å². The molecule has 1 saturated heterocycles. The molecular formula is C22H25N3OS. The third kappa shape index (κ3) is 4.82. The zero-order valence-electron chi connectivity index (χ0n) is 15.4. The largest absolute Gasteiger partial charge is 0.387 e. The Bertz CT molecular complexity index is 829. The van der Waals surface area contributed by atoms with Gasteiger partial charge in [0.15, 0.2) is 0 Å². The van der Waals surface area contributed by atoms with E-state index in [1.165, 1.54) is 5.56 Å². The van der Waals surface area contributed by atoms with Gasteiger partial charge in [-0.1, -0.05) is 60.7 Å². The number of hydrogen-bond donors (Lipinski definition) is 1. The highest BCUT2D eigenvalue weighted by Gasteiger charge is 2.20. The number of aliphatic hydroxyl groups excluding tert-OH is 1. The molecule has 2 aromatic carbocycles. The molecule has 0 amide bonds. The van der Waals surface area contributed by atoms with E-state index >= 15 is 0 Å². The summed E-state index contributed by atoms with van der Waals surface area (Å²) in [5.74, 6) is 0. The van der Waals surface area contributed by atoms with E-state index < -0.39 is 6.10 Å². The molecule has 2 heterocycles. The van der Waals surface area contributed by atoms with Gasteiger partial charge >= 0.3 is 0 Å². The maximum Gasteiger partial charge on any atom is 0.123 e. The third-order valence-electron chi connectivity index (χ3n) is 5.04. The molecule has 1 aliphatic heterocycles. The molecule has 0 radical (unpaired) electrons. The molecule has 3 aromatic rings. The molecule has 0 aliphatic carbocycles. The maximum absolute atomic E-state index is 10.4. The molecule has 1 atom stereocenters. The number of β-amino-alcohol motifs (C(OH)–C–C–N with tert-alkyl or cyclic N) is 1. The first-order valence-electron chi connectivity index (χ1n) is 9.45. The fraction of sp³-hybridized carbons (Fsp3) is 0.318. The Morgan fingerprint density at radius 2 is 1.52 bits per heavy atom. The Labute approximate surface area is 164 Å².